The summed E-state index contributed by atoms with van der Waals surface area (Å²) in [6.45, 7) is 7.00. The molecule has 2 unspecified atom stereocenters. The van der Waals surface area contributed by atoms with E-state index in [1.165, 1.54) is 25.7 Å². The number of rotatable bonds is 2. The van der Waals surface area contributed by atoms with Crippen molar-refractivity contribution in [3.63, 3.8) is 0 Å². The normalized spacial score (nSPS) is 24.2. The molecule has 3 heteroatoms. The number of hydrogen-bond acceptors (Lipinski definition) is 2. The fourth-order valence-corrected chi connectivity index (χ4v) is 3.23. The molecule has 1 aromatic heterocycles. The monoisotopic (exact) mass is 262 g/mol. The van der Waals surface area contributed by atoms with Crippen LogP contribution in [0.2, 0.25) is 0 Å². The van der Waals surface area contributed by atoms with Crippen molar-refractivity contribution in [3.8, 4) is 0 Å². The molecule has 0 amide bonds. The van der Waals surface area contributed by atoms with Gasteiger partial charge in [0.05, 0.1) is 5.69 Å². The summed E-state index contributed by atoms with van der Waals surface area (Å²) in [5.74, 6) is 0.693. The lowest BCUT2D eigenvalue weighted by Gasteiger charge is -2.41. The molecule has 0 bridgehead atoms. The van der Waals surface area contributed by atoms with Crippen molar-refractivity contribution in [2.24, 2.45) is 18.4 Å². The SMILES string of the molecule is Cn1cc(NC2CCCCC2C(C)(C)C)ccc1=O. The molecule has 1 aliphatic rings. The Balaban J connectivity index is 2.15. The Kier molecular flexibility index (Phi) is 4.02. The molecule has 1 fully saturated rings. The predicted octanol–water partition coefficient (Wildman–Crippen LogP) is 3.40. The maximum absolute atomic E-state index is 11.4. The van der Waals surface area contributed by atoms with Gasteiger partial charge in [0.25, 0.3) is 0 Å². The molecule has 1 saturated carbocycles. The van der Waals surface area contributed by atoms with Gasteiger partial charge in [-0.2, -0.15) is 0 Å². The van der Waals surface area contributed by atoms with Gasteiger partial charge in [0.2, 0.25) is 5.56 Å². The maximum Gasteiger partial charge on any atom is 0.250 e. The highest BCUT2D eigenvalue weighted by Gasteiger charge is 2.33. The molecule has 19 heavy (non-hydrogen) atoms. The van der Waals surface area contributed by atoms with Gasteiger partial charge in [0, 0.05) is 25.4 Å². The highest BCUT2D eigenvalue weighted by atomic mass is 16.1. The third-order valence-electron chi connectivity index (χ3n) is 4.32. The molecule has 1 aromatic rings. The first-order chi connectivity index (χ1) is 8.88. The average molecular weight is 262 g/mol. The zero-order valence-electron chi connectivity index (χ0n) is 12.6. The van der Waals surface area contributed by atoms with Crippen LogP contribution in [0, 0.1) is 11.3 Å². The molecule has 2 rings (SSSR count). The Labute approximate surface area is 116 Å². The number of aryl methyl sites for hydroxylation is 1. The molecule has 1 heterocycles. The summed E-state index contributed by atoms with van der Waals surface area (Å²) in [5.41, 5.74) is 1.43. The minimum atomic E-state index is 0.0431. The lowest BCUT2D eigenvalue weighted by molar-refractivity contribution is 0.163. The number of nitrogens with zero attached hydrogens (tertiary/aromatic N) is 1. The van der Waals surface area contributed by atoms with Crippen LogP contribution >= 0.6 is 0 Å². The van der Waals surface area contributed by atoms with E-state index in [1.807, 2.05) is 12.3 Å². The lowest BCUT2D eigenvalue weighted by atomic mass is 9.69. The van der Waals surface area contributed by atoms with Crippen LogP contribution in [0.15, 0.2) is 23.1 Å². The van der Waals surface area contributed by atoms with Crippen molar-refractivity contribution in [2.45, 2.75) is 52.5 Å². The van der Waals surface area contributed by atoms with Gasteiger partial charge in [-0.15, -0.1) is 0 Å². The summed E-state index contributed by atoms with van der Waals surface area (Å²) in [7, 11) is 1.80. The first-order valence-electron chi connectivity index (χ1n) is 7.31. The quantitative estimate of drug-likeness (QED) is 0.886. The minimum Gasteiger partial charge on any atom is -0.381 e. The Bertz CT molecular complexity index is 484. The summed E-state index contributed by atoms with van der Waals surface area (Å²) >= 11 is 0. The largest absolute Gasteiger partial charge is 0.381 e. The molecule has 1 N–H and O–H groups in total. The van der Waals surface area contributed by atoms with E-state index in [9.17, 15) is 4.79 Å². The molecule has 0 radical (unpaired) electrons. The molecule has 2 atom stereocenters. The Morgan fingerprint density at radius 3 is 2.53 bits per heavy atom. The van der Waals surface area contributed by atoms with Crippen LogP contribution < -0.4 is 10.9 Å². The Morgan fingerprint density at radius 1 is 1.21 bits per heavy atom. The summed E-state index contributed by atoms with van der Waals surface area (Å²) < 4.78 is 1.64. The van der Waals surface area contributed by atoms with Gasteiger partial charge in [-0.25, -0.2) is 0 Å². The van der Waals surface area contributed by atoms with Gasteiger partial charge in [-0.1, -0.05) is 33.6 Å². The van der Waals surface area contributed by atoms with E-state index in [4.69, 9.17) is 0 Å². The van der Waals surface area contributed by atoms with Crippen molar-refractivity contribution in [2.75, 3.05) is 5.32 Å². The molecule has 106 valence electrons. The van der Waals surface area contributed by atoms with Crippen LogP contribution in [0.5, 0.6) is 0 Å². The molecular weight excluding hydrogens is 236 g/mol. The maximum atomic E-state index is 11.4. The zero-order chi connectivity index (χ0) is 14.0. The fourth-order valence-electron chi connectivity index (χ4n) is 3.23. The van der Waals surface area contributed by atoms with Crippen molar-refractivity contribution in [1.29, 1.82) is 0 Å². The third-order valence-corrected chi connectivity index (χ3v) is 4.32. The van der Waals surface area contributed by atoms with Crippen molar-refractivity contribution in [3.05, 3.63) is 28.7 Å². The van der Waals surface area contributed by atoms with E-state index in [-0.39, 0.29) is 5.56 Å². The zero-order valence-corrected chi connectivity index (χ0v) is 12.6. The van der Waals surface area contributed by atoms with Crippen molar-refractivity contribution in [1.82, 2.24) is 4.57 Å². The summed E-state index contributed by atoms with van der Waals surface area (Å²) in [4.78, 5) is 11.4. The average Bonchev–Trinajstić information content (AvgIpc) is 2.33. The number of nitrogens with one attached hydrogen (secondary N) is 1. The van der Waals surface area contributed by atoms with E-state index in [2.05, 4.69) is 26.1 Å². The Hall–Kier alpha value is -1.25. The third kappa shape index (κ3) is 3.40. The smallest absolute Gasteiger partial charge is 0.250 e. The molecule has 3 nitrogen and oxygen atoms in total. The van der Waals surface area contributed by atoms with Crippen LogP contribution in [0.4, 0.5) is 5.69 Å². The lowest BCUT2D eigenvalue weighted by Crippen LogP contribution is -2.40. The van der Waals surface area contributed by atoms with Gasteiger partial charge in [-0.3, -0.25) is 4.79 Å². The molecular formula is C16H26N2O. The van der Waals surface area contributed by atoms with Crippen LogP contribution in [0.25, 0.3) is 0 Å². The van der Waals surface area contributed by atoms with E-state index in [0.29, 0.717) is 17.4 Å². The topological polar surface area (TPSA) is 34.0 Å². The molecule has 1 aliphatic carbocycles. The van der Waals surface area contributed by atoms with Crippen LogP contribution in [0.3, 0.4) is 0 Å². The van der Waals surface area contributed by atoms with Crippen LogP contribution in [0.1, 0.15) is 46.5 Å². The molecule has 0 saturated heterocycles. The van der Waals surface area contributed by atoms with Gasteiger partial charge in [0.15, 0.2) is 0 Å². The summed E-state index contributed by atoms with van der Waals surface area (Å²) in [5, 5.41) is 3.65. The summed E-state index contributed by atoms with van der Waals surface area (Å²) in [6.07, 6.45) is 7.07. The molecule has 0 aliphatic heterocycles. The number of pyridine rings is 1. The highest BCUT2D eigenvalue weighted by molar-refractivity contribution is 5.41. The van der Waals surface area contributed by atoms with Crippen molar-refractivity contribution < 1.29 is 0 Å². The Morgan fingerprint density at radius 2 is 1.89 bits per heavy atom. The van der Waals surface area contributed by atoms with Crippen LogP contribution in [-0.2, 0) is 7.05 Å². The predicted molar refractivity (Wildman–Crippen MR) is 80.5 cm³/mol. The van der Waals surface area contributed by atoms with Crippen molar-refractivity contribution >= 4 is 5.69 Å². The highest BCUT2D eigenvalue weighted by Crippen LogP contribution is 2.39. The van der Waals surface area contributed by atoms with Gasteiger partial charge < -0.3 is 9.88 Å². The van der Waals surface area contributed by atoms with Gasteiger partial charge >= 0.3 is 0 Å². The molecule has 0 spiro atoms. The number of anilines is 1. The van der Waals surface area contributed by atoms with Gasteiger partial charge in [-0.05, 0) is 30.2 Å². The minimum absolute atomic E-state index is 0.0431. The first-order valence-corrected chi connectivity index (χ1v) is 7.31. The van der Waals surface area contributed by atoms with Crippen LogP contribution in [-0.4, -0.2) is 10.6 Å². The van der Waals surface area contributed by atoms with E-state index < -0.39 is 0 Å². The van der Waals surface area contributed by atoms with Gasteiger partial charge in [0.1, 0.15) is 0 Å². The number of aromatic nitrogens is 1. The fraction of sp³-hybridized carbons (Fsp3) is 0.688. The number of hydrogen-bond donors (Lipinski definition) is 1. The van der Waals surface area contributed by atoms with E-state index in [0.717, 1.165) is 5.69 Å². The molecule has 0 aromatic carbocycles. The van der Waals surface area contributed by atoms with E-state index >= 15 is 0 Å². The summed E-state index contributed by atoms with van der Waals surface area (Å²) in [6, 6.07) is 4.06. The van der Waals surface area contributed by atoms with E-state index in [1.54, 1.807) is 17.7 Å². The second-order valence-electron chi connectivity index (χ2n) is 6.87. The standard InChI is InChI=1S/C16H26N2O/c1-16(2,3)13-7-5-6-8-14(13)17-12-9-10-15(19)18(4)11-12/h9-11,13-14,17H,5-8H2,1-4H3. The first kappa shape index (κ1) is 14.2. The second-order valence-corrected chi connectivity index (χ2v) is 6.87. The second kappa shape index (κ2) is 5.40.